The van der Waals surface area contributed by atoms with E-state index in [9.17, 15) is 14.0 Å². The summed E-state index contributed by atoms with van der Waals surface area (Å²) in [6.45, 7) is 1.22. The van der Waals surface area contributed by atoms with E-state index in [4.69, 9.17) is 4.42 Å². The van der Waals surface area contributed by atoms with Gasteiger partial charge in [-0.2, -0.15) is 4.98 Å². The second-order valence-corrected chi connectivity index (χ2v) is 8.07. The number of benzene rings is 2. The van der Waals surface area contributed by atoms with Gasteiger partial charge in [0.1, 0.15) is 17.0 Å². The van der Waals surface area contributed by atoms with Crippen molar-refractivity contribution in [2.75, 3.05) is 28.6 Å². The van der Waals surface area contributed by atoms with Gasteiger partial charge in [-0.1, -0.05) is 18.2 Å². The lowest BCUT2D eigenvalue weighted by atomic mass is 9.96. The minimum absolute atomic E-state index is 0.204. The van der Waals surface area contributed by atoms with Crippen molar-refractivity contribution in [1.82, 2.24) is 9.97 Å². The highest BCUT2D eigenvalue weighted by Gasteiger charge is 2.28. The number of para-hydroxylation sites is 2. The van der Waals surface area contributed by atoms with E-state index in [0.29, 0.717) is 37.6 Å². The number of carbonyl (C=O) groups excluding carboxylic acids is 2. The van der Waals surface area contributed by atoms with Gasteiger partial charge in [-0.3, -0.25) is 14.6 Å². The molecule has 0 radical (unpaired) electrons. The van der Waals surface area contributed by atoms with Crippen LogP contribution >= 0.6 is 0 Å². The van der Waals surface area contributed by atoms with Crippen LogP contribution in [0, 0.1) is 11.7 Å². The summed E-state index contributed by atoms with van der Waals surface area (Å²) in [6.07, 6.45) is 2.69. The molecule has 0 bridgehead atoms. The lowest BCUT2D eigenvalue weighted by molar-refractivity contribution is -0.120. The SMILES string of the molecule is O=C(Nc1ccc(F)cc1NC(=O)C1CCN(c2nc3ccccc3o2)CC1)c1ccccn1. The number of hydrogen-bond acceptors (Lipinski definition) is 6. The number of amides is 2. The van der Waals surface area contributed by atoms with E-state index >= 15 is 0 Å². The third-order valence-corrected chi connectivity index (χ3v) is 5.80. The normalized spacial score (nSPS) is 14.2. The molecule has 0 spiro atoms. The second-order valence-electron chi connectivity index (χ2n) is 8.07. The van der Waals surface area contributed by atoms with Gasteiger partial charge in [0.15, 0.2) is 5.58 Å². The third-order valence-electron chi connectivity index (χ3n) is 5.80. The van der Waals surface area contributed by atoms with Gasteiger partial charge in [0.05, 0.1) is 11.4 Å². The molecule has 2 aromatic heterocycles. The van der Waals surface area contributed by atoms with Gasteiger partial charge in [0, 0.05) is 25.2 Å². The van der Waals surface area contributed by atoms with Crippen molar-refractivity contribution in [3.05, 3.63) is 78.4 Å². The molecular weight excluding hydrogens is 437 g/mol. The van der Waals surface area contributed by atoms with Crippen molar-refractivity contribution in [1.29, 1.82) is 0 Å². The Morgan fingerprint density at radius 2 is 1.76 bits per heavy atom. The summed E-state index contributed by atoms with van der Waals surface area (Å²) < 4.78 is 19.8. The maximum Gasteiger partial charge on any atom is 0.298 e. The predicted molar refractivity (Wildman–Crippen MR) is 126 cm³/mol. The molecule has 8 nitrogen and oxygen atoms in total. The van der Waals surface area contributed by atoms with Crippen LogP contribution in [0.2, 0.25) is 0 Å². The van der Waals surface area contributed by atoms with Crippen LogP contribution in [-0.4, -0.2) is 34.9 Å². The van der Waals surface area contributed by atoms with Crippen LogP contribution in [0.15, 0.2) is 71.3 Å². The molecule has 1 saturated heterocycles. The van der Waals surface area contributed by atoms with Crippen molar-refractivity contribution < 1.29 is 18.4 Å². The molecule has 4 aromatic rings. The van der Waals surface area contributed by atoms with Crippen LogP contribution in [0.5, 0.6) is 0 Å². The van der Waals surface area contributed by atoms with E-state index < -0.39 is 11.7 Å². The van der Waals surface area contributed by atoms with E-state index in [-0.39, 0.29) is 23.2 Å². The van der Waals surface area contributed by atoms with Crippen molar-refractivity contribution in [2.45, 2.75) is 12.8 Å². The number of oxazole rings is 1. The number of hydrogen-bond donors (Lipinski definition) is 2. The number of fused-ring (bicyclic) bond motifs is 1. The summed E-state index contributed by atoms with van der Waals surface area (Å²) in [5.41, 5.74) is 2.24. The molecule has 2 amide bonds. The molecular formula is C25H22FN5O3. The highest BCUT2D eigenvalue weighted by Crippen LogP contribution is 2.29. The van der Waals surface area contributed by atoms with E-state index in [1.807, 2.05) is 29.2 Å². The van der Waals surface area contributed by atoms with Gasteiger partial charge in [-0.15, -0.1) is 0 Å². The number of pyridine rings is 1. The Morgan fingerprint density at radius 3 is 2.53 bits per heavy atom. The highest BCUT2D eigenvalue weighted by molar-refractivity contribution is 6.06. The molecule has 1 aliphatic rings. The van der Waals surface area contributed by atoms with E-state index in [1.165, 1.54) is 24.4 Å². The average Bonchev–Trinajstić information content (AvgIpc) is 3.31. The molecule has 172 valence electrons. The maximum absolute atomic E-state index is 13.9. The fourth-order valence-electron chi connectivity index (χ4n) is 3.98. The van der Waals surface area contributed by atoms with Crippen LogP contribution in [-0.2, 0) is 4.79 Å². The zero-order valence-electron chi connectivity index (χ0n) is 18.2. The summed E-state index contributed by atoms with van der Waals surface area (Å²) in [7, 11) is 0. The number of carbonyl (C=O) groups is 2. The summed E-state index contributed by atoms with van der Waals surface area (Å²) in [4.78, 5) is 36.0. The molecule has 0 unspecified atom stereocenters. The van der Waals surface area contributed by atoms with Gasteiger partial charge in [0.2, 0.25) is 5.91 Å². The Bertz CT molecular complexity index is 1300. The number of rotatable bonds is 5. The number of piperidine rings is 1. The number of halogens is 1. The molecule has 0 atom stereocenters. The van der Waals surface area contributed by atoms with Gasteiger partial charge in [0.25, 0.3) is 11.9 Å². The van der Waals surface area contributed by atoms with Crippen molar-refractivity contribution >= 4 is 40.3 Å². The van der Waals surface area contributed by atoms with Gasteiger partial charge < -0.3 is 20.0 Å². The Hall–Kier alpha value is -4.27. The number of nitrogens with zero attached hydrogens (tertiary/aromatic N) is 3. The molecule has 2 aromatic carbocycles. The second kappa shape index (κ2) is 9.30. The van der Waals surface area contributed by atoms with Crippen molar-refractivity contribution in [3.63, 3.8) is 0 Å². The zero-order valence-corrected chi connectivity index (χ0v) is 18.2. The first-order valence-corrected chi connectivity index (χ1v) is 11.0. The molecule has 5 rings (SSSR count). The van der Waals surface area contributed by atoms with E-state index in [0.717, 1.165) is 11.1 Å². The van der Waals surface area contributed by atoms with Crippen LogP contribution in [0.1, 0.15) is 23.3 Å². The smallest absolute Gasteiger partial charge is 0.298 e. The maximum atomic E-state index is 13.9. The van der Waals surface area contributed by atoms with Crippen LogP contribution in [0.4, 0.5) is 21.8 Å². The van der Waals surface area contributed by atoms with Gasteiger partial charge in [-0.25, -0.2) is 4.39 Å². The fraction of sp³-hybridized carbons (Fsp3) is 0.200. The quantitative estimate of drug-likeness (QED) is 0.457. The van der Waals surface area contributed by atoms with Crippen molar-refractivity contribution in [3.8, 4) is 0 Å². The molecule has 0 saturated carbocycles. The van der Waals surface area contributed by atoms with Crippen LogP contribution in [0.3, 0.4) is 0 Å². The first kappa shape index (κ1) is 21.6. The Balaban J connectivity index is 1.24. The minimum atomic E-state index is -0.517. The van der Waals surface area contributed by atoms with Gasteiger partial charge >= 0.3 is 0 Å². The first-order valence-electron chi connectivity index (χ1n) is 11.0. The lowest BCUT2D eigenvalue weighted by Gasteiger charge is -2.30. The first-order chi connectivity index (χ1) is 16.6. The summed E-state index contributed by atoms with van der Waals surface area (Å²) >= 11 is 0. The largest absolute Gasteiger partial charge is 0.423 e. The lowest BCUT2D eigenvalue weighted by Crippen LogP contribution is -2.38. The molecule has 2 N–H and O–H groups in total. The minimum Gasteiger partial charge on any atom is -0.423 e. The molecule has 3 heterocycles. The predicted octanol–water partition coefficient (Wildman–Crippen LogP) is 4.47. The van der Waals surface area contributed by atoms with Crippen LogP contribution in [0.25, 0.3) is 11.1 Å². The monoisotopic (exact) mass is 459 g/mol. The van der Waals surface area contributed by atoms with E-state index in [2.05, 4.69) is 20.6 Å². The summed E-state index contributed by atoms with van der Waals surface area (Å²) in [5.74, 6) is -1.45. The van der Waals surface area contributed by atoms with Crippen molar-refractivity contribution in [2.24, 2.45) is 5.92 Å². The Labute approximate surface area is 194 Å². The Kier molecular flexibility index (Phi) is 5.90. The number of nitrogens with one attached hydrogen (secondary N) is 2. The fourth-order valence-corrected chi connectivity index (χ4v) is 3.98. The Morgan fingerprint density at radius 1 is 0.971 bits per heavy atom. The molecule has 0 aliphatic carbocycles. The third kappa shape index (κ3) is 4.59. The molecule has 34 heavy (non-hydrogen) atoms. The topological polar surface area (TPSA) is 100 Å². The summed E-state index contributed by atoms with van der Waals surface area (Å²) in [6, 6.07) is 16.9. The van der Waals surface area contributed by atoms with Crippen LogP contribution < -0.4 is 15.5 Å². The average molecular weight is 459 g/mol. The number of anilines is 3. The molecule has 1 aliphatic heterocycles. The van der Waals surface area contributed by atoms with Gasteiger partial charge in [-0.05, 0) is 55.3 Å². The standard InChI is InChI=1S/C25H22FN5O3/c26-17-8-9-18(28-24(33)20-6-3-4-12-27-20)21(15-17)29-23(32)16-10-13-31(14-11-16)25-30-19-5-1-2-7-22(19)34-25/h1-9,12,15-16H,10-11,13-14H2,(H,28,33)(H,29,32). The summed E-state index contributed by atoms with van der Waals surface area (Å²) in [5, 5.41) is 5.47. The molecule has 1 fully saturated rings. The zero-order chi connectivity index (χ0) is 23.5. The highest BCUT2D eigenvalue weighted by atomic mass is 19.1. The van der Waals surface area contributed by atoms with E-state index in [1.54, 1.807) is 18.2 Å². The molecule has 9 heteroatoms. The number of aromatic nitrogens is 2.